The van der Waals surface area contributed by atoms with Crippen molar-refractivity contribution >= 4 is 15.8 Å². The van der Waals surface area contributed by atoms with Crippen molar-refractivity contribution in [2.24, 2.45) is 0 Å². The standard InChI is InChI=1S/C16H20N4O3S/c1-2-23-14-5-7-15(8-6-14)24(21,22)20-12-10-19(11-13-20)16-4-3-9-17-18-16/h3-9H,2,10-13H2,1H3. The van der Waals surface area contributed by atoms with E-state index in [1.54, 1.807) is 30.5 Å². The maximum Gasteiger partial charge on any atom is 0.243 e. The highest BCUT2D eigenvalue weighted by molar-refractivity contribution is 7.89. The van der Waals surface area contributed by atoms with E-state index in [-0.39, 0.29) is 0 Å². The van der Waals surface area contributed by atoms with Gasteiger partial charge >= 0.3 is 0 Å². The zero-order valence-electron chi connectivity index (χ0n) is 13.5. The summed E-state index contributed by atoms with van der Waals surface area (Å²) in [6.45, 7) is 4.47. The quantitative estimate of drug-likeness (QED) is 0.813. The molecule has 1 aromatic carbocycles. The lowest BCUT2D eigenvalue weighted by molar-refractivity contribution is 0.340. The molecule has 1 aromatic heterocycles. The van der Waals surface area contributed by atoms with Gasteiger partial charge < -0.3 is 9.64 Å². The molecule has 2 heterocycles. The van der Waals surface area contributed by atoms with Gasteiger partial charge in [-0.2, -0.15) is 9.40 Å². The highest BCUT2D eigenvalue weighted by Crippen LogP contribution is 2.22. The Labute approximate surface area is 141 Å². The summed E-state index contributed by atoms with van der Waals surface area (Å²) in [4.78, 5) is 2.33. The first-order valence-corrected chi connectivity index (χ1v) is 9.31. The Kier molecular flexibility index (Phi) is 4.96. The van der Waals surface area contributed by atoms with E-state index < -0.39 is 10.0 Å². The van der Waals surface area contributed by atoms with Gasteiger partial charge in [-0.1, -0.05) is 0 Å². The van der Waals surface area contributed by atoms with Crippen molar-refractivity contribution in [3.63, 3.8) is 0 Å². The molecule has 24 heavy (non-hydrogen) atoms. The molecule has 0 radical (unpaired) electrons. The summed E-state index contributed by atoms with van der Waals surface area (Å²) in [7, 11) is -3.48. The maximum absolute atomic E-state index is 12.7. The van der Waals surface area contributed by atoms with E-state index >= 15 is 0 Å². The van der Waals surface area contributed by atoms with E-state index in [2.05, 4.69) is 10.2 Å². The Hall–Kier alpha value is -2.19. The molecule has 0 spiro atoms. The first-order valence-electron chi connectivity index (χ1n) is 7.87. The molecule has 7 nitrogen and oxygen atoms in total. The van der Waals surface area contributed by atoms with E-state index in [4.69, 9.17) is 4.74 Å². The molecule has 128 valence electrons. The SMILES string of the molecule is CCOc1ccc(S(=O)(=O)N2CCN(c3cccnn3)CC2)cc1. The van der Waals surface area contributed by atoms with Crippen LogP contribution in [0.1, 0.15) is 6.92 Å². The summed E-state index contributed by atoms with van der Waals surface area (Å²) in [5.74, 6) is 1.44. The van der Waals surface area contributed by atoms with Crippen LogP contribution in [0.2, 0.25) is 0 Å². The topological polar surface area (TPSA) is 75.6 Å². The number of benzene rings is 1. The van der Waals surface area contributed by atoms with Gasteiger partial charge in [0, 0.05) is 32.4 Å². The average Bonchev–Trinajstić information content (AvgIpc) is 2.63. The molecule has 0 amide bonds. The fourth-order valence-corrected chi connectivity index (χ4v) is 4.07. The highest BCUT2D eigenvalue weighted by atomic mass is 32.2. The number of piperazine rings is 1. The molecule has 1 aliphatic rings. The summed E-state index contributed by atoms with van der Waals surface area (Å²) < 4.78 is 32.3. The normalized spacial score (nSPS) is 16.1. The van der Waals surface area contributed by atoms with Crippen LogP contribution in [-0.4, -0.2) is 55.7 Å². The average molecular weight is 348 g/mol. The van der Waals surface area contributed by atoms with Crippen molar-refractivity contribution in [2.75, 3.05) is 37.7 Å². The van der Waals surface area contributed by atoms with Gasteiger partial charge in [-0.25, -0.2) is 8.42 Å². The molecular weight excluding hydrogens is 328 g/mol. The Morgan fingerprint density at radius 1 is 1.08 bits per heavy atom. The molecule has 0 saturated carbocycles. The van der Waals surface area contributed by atoms with Gasteiger partial charge in [0.25, 0.3) is 0 Å². The van der Waals surface area contributed by atoms with Crippen molar-refractivity contribution < 1.29 is 13.2 Å². The molecule has 2 aromatic rings. The van der Waals surface area contributed by atoms with Crippen molar-refractivity contribution in [2.45, 2.75) is 11.8 Å². The number of hydrogen-bond acceptors (Lipinski definition) is 6. The van der Waals surface area contributed by atoms with E-state index in [1.165, 1.54) is 4.31 Å². The molecule has 3 rings (SSSR count). The van der Waals surface area contributed by atoms with Crippen LogP contribution in [0.3, 0.4) is 0 Å². The Morgan fingerprint density at radius 2 is 1.79 bits per heavy atom. The van der Waals surface area contributed by atoms with Gasteiger partial charge in [0.15, 0.2) is 5.82 Å². The van der Waals surface area contributed by atoms with E-state index in [0.717, 1.165) is 5.82 Å². The lowest BCUT2D eigenvalue weighted by Gasteiger charge is -2.34. The number of aromatic nitrogens is 2. The molecule has 1 saturated heterocycles. The monoisotopic (exact) mass is 348 g/mol. The smallest absolute Gasteiger partial charge is 0.243 e. The minimum atomic E-state index is -3.48. The molecule has 1 fully saturated rings. The highest BCUT2D eigenvalue weighted by Gasteiger charge is 2.28. The predicted octanol–water partition coefficient (Wildman–Crippen LogP) is 1.39. The number of rotatable bonds is 5. The summed E-state index contributed by atoms with van der Waals surface area (Å²) in [6.07, 6.45) is 1.62. The first kappa shape index (κ1) is 16.7. The minimum Gasteiger partial charge on any atom is -0.494 e. The molecular formula is C16H20N4O3S. The lowest BCUT2D eigenvalue weighted by atomic mass is 10.3. The Bertz CT molecular complexity index is 758. The van der Waals surface area contributed by atoms with Crippen LogP contribution in [0.25, 0.3) is 0 Å². The summed E-state index contributed by atoms with van der Waals surface area (Å²) >= 11 is 0. The van der Waals surface area contributed by atoms with Crippen LogP contribution < -0.4 is 9.64 Å². The van der Waals surface area contributed by atoms with Gasteiger partial charge in [-0.15, -0.1) is 5.10 Å². The first-order chi connectivity index (χ1) is 11.6. The van der Waals surface area contributed by atoms with E-state index in [9.17, 15) is 8.42 Å². The van der Waals surface area contributed by atoms with Crippen molar-refractivity contribution in [3.05, 3.63) is 42.6 Å². The molecule has 1 aliphatic heterocycles. The molecule has 0 atom stereocenters. The van der Waals surface area contributed by atoms with Crippen LogP contribution in [0, 0.1) is 0 Å². The Morgan fingerprint density at radius 3 is 2.38 bits per heavy atom. The zero-order valence-corrected chi connectivity index (χ0v) is 14.3. The van der Waals surface area contributed by atoms with E-state index in [1.807, 2.05) is 24.0 Å². The molecule has 0 N–H and O–H groups in total. The number of anilines is 1. The van der Waals surface area contributed by atoms with Gasteiger partial charge in [0.05, 0.1) is 11.5 Å². The summed E-state index contributed by atoms with van der Waals surface area (Å²) in [6, 6.07) is 10.3. The second-order valence-electron chi connectivity index (χ2n) is 5.38. The summed E-state index contributed by atoms with van der Waals surface area (Å²) in [5.41, 5.74) is 0. The lowest BCUT2D eigenvalue weighted by Crippen LogP contribution is -2.48. The van der Waals surface area contributed by atoms with Crippen molar-refractivity contribution in [3.8, 4) is 5.75 Å². The fourth-order valence-electron chi connectivity index (χ4n) is 2.64. The third-order valence-electron chi connectivity index (χ3n) is 3.89. The number of ether oxygens (including phenoxy) is 1. The van der Waals surface area contributed by atoms with Gasteiger partial charge in [0.2, 0.25) is 10.0 Å². The largest absolute Gasteiger partial charge is 0.494 e. The predicted molar refractivity (Wildman–Crippen MR) is 90.6 cm³/mol. The zero-order chi connectivity index (χ0) is 17.0. The molecule has 8 heteroatoms. The molecule has 0 unspecified atom stereocenters. The second-order valence-corrected chi connectivity index (χ2v) is 7.32. The van der Waals surface area contributed by atoms with Gasteiger partial charge in [-0.3, -0.25) is 0 Å². The third kappa shape index (κ3) is 3.49. The van der Waals surface area contributed by atoms with Crippen molar-refractivity contribution in [1.82, 2.24) is 14.5 Å². The summed E-state index contributed by atoms with van der Waals surface area (Å²) in [5, 5.41) is 7.93. The number of hydrogen-bond donors (Lipinski definition) is 0. The number of sulfonamides is 1. The van der Waals surface area contributed by atoms with E-state index in [0.29, 0.717) is 43.4 Å². The third-order valence-corrected chi connectivity index (χ3v) is 5.81. The van der Waals surface area contributed by atoms with Crippen LogP contribution in [0.5, 0.6) is 5.75 Å². The Balaban J connectivity index is 1.68. The molecule has 0 aliphatic carbocycles. The maximum atomic E-state index is 12.7. The second kappa shape index (κ2) is 7.14. The van der Waals surface area contributed by atoms with Gasteiger partial charge in [-0.05, 0) is 43.3 Å². The van der Waals surface area contributed by atoms with Crippen LogP contribution in [0.15, 0.2) is 47.5 Å². The van der Waals surface area contributed by atoms with Crippen LogP contribution in [-0.2, 0) is 10.0 Å². The minimum absolute atomic E-state index is 0.291. The van der Waals surface area contributed by atoms with Crippen molar-refractivity contribution in [1.29, 1.82) is 0 Å². The number of nitrogens with zero attached hydrogens (tertiary/aromatic N) is 4. The fraction of sp³-hybridized carbons (Fsp3) is 0.375. The van der Waals surface area contributed by atoms with Crippen LogP contribution >= 0.6 is 0 Å². The van der Waals surface area contributed by atoms with Gasteiger partial charge in [0.1, 0.15) is 5.75 Å². The van der Waals surface area contributed by atoms with Crippen LogP contribution in [0.4, 0.5) is 5.82 Å². The molecule has 0 bridgehead atoms.